The van der Waals surface area contributed by atoms with E-state index in [4.69, 9.17) is 9.05 Å². The van der Waals surface area contributed by atoms with Crippen LogP contribution >= 0.6 is 7.82 Å². The third kappa shape index (κ3) is 56.9. The normalized spacial score (nSPS) is 14.6. The van der Waals surface area contributed by atoms with Crippen molar-refractivity contribution < 1.29 is 32.9 Å². The van der Waals surface area contributed by atoms with Crippen LogP contribution in [0.15, 0.2) is 109 Å². The zero-order valence-electron chi connectivity index (χ0n) is 48.5. The number of nitrogens with zero attached hydrogens (tertiary/aromatic N) is 1. The molecule has 0 aromatic heterocycles. The lowest BCUT2D eigenvalue weighted by atomic mass is 10.0. The number of rotatable bonds is 54. The van der Waals surface area contributed by atoms with E-state index in [9.17, 15) is 19.4 Å². The van der Waals surface area contributed by atoms with E-state index in [1.165, 1.54) is 122 Å². The molecule has 74 heavy (non-hydrogen) atoms. The summed E-state index contributed by atoms with van der Waals surface area (Å²) in [6, 6.07) is -0.887. The van der Waals surface area contributed by atoms with Gasteiger partial charge in [0.25, 0.3) is 0 Å². The molecule has 0 spiro atoms. The number of aliphatic hydroxyl groups excluding tert-OH is 1. The molecule has 3 N–H and O–H groups in total. The molecule has 3 atom stereocenters. The van der Waals surface area contributed by atoms with Crippen LogP contribution in [0.2, 0.25) is 0 Å². The van der Waals surface area contributed by atoms with E-state index in [0.29, 0.717) is 17.4 Å². The maximum Gasteiger partial charge on any atom is 0.472 e. The van der Waals surface area contributed by atoms with Crippen molar-refractivity contribution in [3.8, 4) is 0 Å². The van der Waals surface area contributed by atoms with Gasteiger partial charge in [-0.2, -0.15) is 0 Å². The summed E-state index contributed by atoms with van der Waals surface area (Å²) < 4.78 is 23.7. The van der Waals surface area contributed by atoms with Gasteiger partial charge in [-0.25, -0.2) is 4.57 Å². The first-order valence-corrected chi connectivity index (χ1v) is 31.8. The third-order valence-corrected chi connectivity index (χ3v) is 13.9. The summed E-state index contributed by atoms with van der Waals surface area (Å²) in [6.07, 6.45) is 80.6. The number of unbranched alkanes of at least 4 members (excludes halogenated alkanes) is 25. The van der Waals surface area contributed by atoms with Crippen LogP contribution in [0.1, 0.15) is 245 Å². The number of hydrogen-bond donors (Lipinski definition) is 3. The number of nitrogens with one attached hydrogen (secondary N) is 1. The lowest BCUT2D eigenvalue weighted by Gasteiger charge is -2.25. The van der Waals surface area contributed by atoms with E-state index in [-0.39, 0.29) is 19.1 Å². The van der Waals surface area contributed by atoms with Gasteiger partial charge in [0.2, 0.25) is 5.91 Å². The molecule has 0 saturated carbocycles. The first-order valence-electron chi connectivity index (χ1n) is 30.3. The van der Waals surface area contributed by atoms with E-state index in [0.717, 1.165) is 103 Å². The van der Waals surface area contributed by atoms with Crippen molar-refractivity contribution in [2.24, 2.45) is 0 Å². The third-order valence-electron chi connectivity index (χ3n) is 13.0. The van der Waals surface area contributed by atoms with Gasteiger partial charge in [-0.1, -0.05) is 252 Å². The van der Waals surface area contributed by atoms with Crippen LogP contribution in [0.25, 0.3) is 0 Å². The molecule has 9 heteroatoms. The highest BCUT2D eigenvalue weighted by molar-refractivity contribution is 7.47. The standard InChI is InChI=1S/C65H115N2O6P/c1-6-8-10-12-14-16-18-20-22-24-26-28-30-32-33-35-36-38-40-42-44-46-48-50-52-54-56-58-64(68)63(62-73-74(70,71)72-61-60-67(3,4)5)66-65(69)59-57-55-53-51-49-47-45-43-41-39-37-34-31-29-27-25-23-21-19-17-15-13-11-9-7-2/h9,11,15,17,21,23,27,29,34,37,40-43,48,50,56,58,63-64,68H,6-8,10,12-14,16,18-20,22,24-26,28,30-33,35-36,38-39,44-47,49,51-55,57,59-62H2,1-5H3,(H-,66,69,70,71)/p+1/b11-9-,17-15-,23-21-,29-27-,37-34-,42-40+,43-41-,50-48+,58-56+. The van der Waals surface area contributed by atoms with Gasteiger partial charge in [-0.3, -0.25) is 13.8 Å². The predicted octanol–water partition coefficient (Wildman–Crippen LogP) is 18.8. The van der Waals surface area contributed by atoms with Crippen molar-refractivity contribution in [2.45, 2.75) is 257 Å². The van der Waals surface area contributed by atoms with Crippen molar-refractivity contribution in [1.29, 1.82) is 0 Å². The van der Waals surface area contributed by atoms with E-state index in [1.54, 1.807) is 6.08 Å². The molecular weight excluding hydrogens is 936 g/mol. The molecular formula is C65H116N2O6P+. The Balaban J connectivity index is 4.32. The number of amides is 1. The van der Waals surface area contributed by atoms with Crippen LogP contribution in [-0.2, 0) is 18.4 Å². The molecule has 0 rings (SSSR count). The SMILES string of the molecule is CC/C=C\C/C=C\C/C=C\C/C=C\C/C=C\C/C=C\CCCCCCCCC(=O)NC(COP(=O)(O)OCC[N+](C)(C)C)C(O)/C=C/CC/C=C/CC/C=C/CCCCCCCCCCCCCCCCCCC. The topological polar surface area (TPSA) is 105 Å². The van der Waals surface area contributed by atoms with Crippen molar-refractivity contribution in [1.82, 2.24) is 5.32 Å². The van der Waals surface area contributed by atoms with E-state index < -0.39 is 20.0 Å². The Bertz CT molecular complexity index is 1570. The Hall–Kier alpha value is -2.84. The molecule has 0 aliphatic carbocycles. The van der Waals surface area contributed by atoms with Crippen LogP contribution < -0.4 is 5.32 Å². The lowest BCUT2D eigenvalue weighted by molar-refractivity contribution is -0.870. The fraction of sp³-hybridized carbons (Fsp3) is 0.708. The largest absolute Gasteiger partial charge is 0.472 e. The molecule has 0 aliphatic heterocycles. The van der Waals surface area contributed by atoms with Gasteiger partial charge >= 0.3 is 7.82 Å². The van der Waals surface area contributed by atoms with Gasteiger partial charge in [-0.05, 0) is 96.3 Å². The molecule has 0 heterocycles. The quantitative estimate of drug-likeness (QED) is 0.0243. The van der Waals surface area contributed by atoms with Crippen molar-refractivity contribution in [3.63, 3.8) is 0 Å². The summed E-state index contributed by atoms with van der Waals surface area (Å²) in [5, 5.41) is 13.9. The molecule has 8 nitrogen and oxygen atoms in total. The smallest absolute Gasteiger partial charge is 0.387 e. The number of likely N-dealkylation sites (N-methyl/N-ethyl adjacent to an activating group) is 1. The molecule has 0 bridgehead atoms. The second-order valence-corrected chi connectivity index (χ2v) is 22.8. The molecule has 3 unspecified atom stereocenters. The minimum atomic E-state index is -4.37. The Kier molecular flexibility index (Phi) is 52.8. The molecule has 0 fully saturated rings. The van der Waals surface area contributed by atoms with Crippen molar-refractivity contribution in [2.75, 3.05) is 40.9 Å². The van der Waals surface area contributed by atoms with Crippen LogP contribution in [0.4, 0.5) is 0 Å². The number of allylic oxidation sites excluding steroid dienone is 17. The summed E-state index contributed by atoms with van der Waals surface area (Å²) >= 11 is 0. The highest BCUT2D eigenvalue weighted by Gasteiger charge is 2.27. The number of quaternary nitrogens is 1. The second kappa shape index (κ2) is 54.9. The van der Waals surface area contributed by atoms with E-state index >= 15 is 0 Å². The van der Waals surface area contributed by atoms with Crippen LogP contribution in [0, 0.1) is 0 Å². The monoisotopic (exact) mass is 1050 g/mol. The maximum absolute atomic E-state index is 13.0. The van der Waals surface area contributed by atoms with Gasteiger partial charge in [0.05, 0.1) is 39.9 Å². The lowest BCUT2D eigenvalue weighted by Crippen LogP contribution is -2.45. The number of phosphoric acid groups is 1. The molecule has 0 radical (unpaired) electrons. The van der Waals surface area contributed by atoms with Gasteiger partial charge in [0, 0.05) is 6.42 Å². The van der Waals surface area contributed by atoms with Gasteiger partial charge < -0.3 is 19.8 Å². The molecule has 0 aromatic carbocycles. The number of carbonyl (C=O) groups excluding carboxylic acids is 1. The van der Waals surface area contributed by atoms with Gasteiger partial charge in [0.1, 0.15) is 13.2 Å². The molecule has 0 aromatic rings. The Morgan fingerprint density at radius 2 is 0.824 bits per heavy atom. The van der Waals surface area contributed by atoms with Crippen molar-refractivity contribution in [3.05, 3.63) is 109 Å². The fourth-order valence-electron chi connectivity index (χ4n) is 8.25. The second-order valence-electron chi connectivity index (χ2n) is 21.3. The summed E-state index contributed by atoms with van der Waals surface area (Å²) in [4.78, 5) is 23.3. The minimum absolute atomic E-state index is 0.0443. The fourth-order valence-corrected chi connectivity index (χ4v) is 8.99. The van der Waals surface area contributed by atoms with E-state index in [2.05, 4.69) is 116 Å². The Labute approximate surface area is 457 Å². The van der Waals surface area contributed by atoms with Gasteiger partial charge in [0.15, 0.2) is 0 Å². The molecule has 0 saturated heterocycles. The maximum atomic E-state index is 13.0. The Morgan fingerprint density at radius 1 is 0.473 bits per heavy atom. The highest BCUT2D eigenvalue weighted by Crippen LogP contribution is 2.43. The van der Waals surface area contributed by atoms with E-state index in [1.807, 2.05) is 27.2 Å². The molecule has 426 valence electrons. The molecule has 1 amide bonds. The summed E-state index contributed by atoms with van der Waals surface area (Å²) in [5.41, 5.74) is 0. The predicted molar refractivity (Wildman–Crippen MR) is 322 cm³/mol. The summed E-state index contributed by atoms with van der Waals surface area (Å²) in [6.45, 7) is 4.66. The highest BCUT2D eigenvalue weighted by atomic mass is 31.2. The summed E-state index contributed by atoms with van der Waals surface area (Å²) in [7, 11) is 1.52. The molecule has 0 aliphatic rings. The van der Waals surface area contributed by atoms with Crippen LogP contribution in [-0.4, -0.2) is 73.4 Å². The summed E-state index contributed by atoms with van der Waals surface area (Å²) in [5.74, 6) is -0.209. The zero-order chi connectivity index (χ0) is 54.2. The number of hydrogen-bond acceptors (Lipinski definition) is 5. The van der Waals surface area contributed by atoms with Crippen LogP contribution in [0.3, 0.4) is 0 Å². The first kappa shape index (κ1) is 71.2. The average Bonchev–Trinajstić information content (AvgIpc) is 3.36. The minimum Gasteiger partial charge on any atom is -0.387 e. The zero-order valence-corrected chi connectivity index (χ0v) is 49.4. The Morgan fingerprint density at radius 3 is 1.24 bits per heavy atom. The van der Waals surface area contributed by atoms with Crippen molar-refractivity contribution >= 4 is 13.7 Å². The first-order chi connectivity index (χ1) is 36.0. The number of aliphatic hydroxyl groups is 1. The average molecular weight is 1050 g/mol. The number of phosphoric ester groups is 1. The van der Waals surface area contributed by atoms with Gasteiger partial charge in [-0.15, -0.1) is 0 Å². The number of carbonyl (C=O) groups is 1. The van der Waals surface area contributed by atoms with Crippen LogP contribution in [0.5, 0.6) is 0 Å².